The van der Waals surface area contributed by atoms with Gasteiger partial charge in [-0.1, -0.05) is 6.07 Å². The van der Waals surface area contributed by atoms with Crippen LogP contribution in [0.15, 0.2) is 39.5 Å². The molecule has 1 N–H and O–H groups in total. The standard InChI is InChI=1S/C10H6O4/c11-9-5-4-6-7(10(12)13)2-1-3-8(6)14-9/h1-5H,(H,12,13). The van der Waals surface area contributed by atoms with E-state index in [0.717, 1.165) is 0 Å². The second-order valence-corrected chi connectivity index (χ2v) is 2.78. The summed E-state index contributed by atoms with van der Waals surface area (Å²) in [5.41, 5.74) is -0.0660. The van der Waals surface area contributed by atoms with E-state index in [1.165, 1.54) is 24.3 Å². The van der Waals surface area contributed by atoms with Crippen molar-refractivity contribution < 1.29 is 14.3 Å². The van der Waals surface area contributed by atoms with Gasteiger partial charge in [-0.2, -0.15) is 0 Å². The van der Waals surface area contributed by atoms with Gasteiger partial charge in [-0.15, -0.1) is 0 Å². The van der Waals surface area contributed by atoms with Crippen LogP contribution in [0.2, 0.25) is 0 Å². The number of aromatic carboxylic acids is 1. The van der Waals surface area contributed by atoms with Gasteiger partial charge in [-0.3, -0.25) is 0 Å². The van der Waals surface area contributed by atoms with Crippen LogP contribution >= 0.6 is 0 Å². The molecular formula is C10H6O4. The molecule has 0 amide bonds. The fourth-order valence-corrected chi connectivity index (χ4v) is 1.29. The maximum absolute atomic E-state index is 10.9. The minimum atomic E-state index is -1.04. The molecule has 0 radical (unpaired) electrons. The molecule has 0 unspecified atom stereocenters. The second-order valence-electron chi connectivity index (χ2n) is 2.78. The third-order valence-corrected chi connectivity index (χ3v) is 1.89. The molecule has 0 aliphatic heterocycles. The predicted octanol–water partition coefficient (Wildman–Crippen LogP) is 1.49. The number of fused-ring (bicyclic) bond motifs is 1. The molecule has 1 aromatic carbocycles. The van der Waals surface area contributed by atoms with Gasteiger partial charge in [0, 0.05) is 11.5 Å². The molecule has 0 atom stereocenters. The van der Waals surface area contributed by atoms with Crippen LogP contribution in [0, 0.1) is 0 Å². The van der Waals surface area contributed by atoms with Crippen LogP contribution in [0.5, 0.6) is 0 Å². The zero-order valence-electron chi connectivity index (χ0n) is 7.06. The summed E-state index contributed by atoms with van der Waals surface area (Å²) in [6.07, 6.45) is 0. The van der Waals surface area contributed by atoms with Crippen molar-refractivity contribution in [2.24, 2.45) is 0 Å². The van der Waals surface area contributed by atoms with Crippen LogP contribution in [-0.4, -0.2) is 11.1 Å². The molecule has 4 nitrogen and oxygen atoms in total. The Labute approximate surface area is 78.4 Å². The predicted molar refractivity (Wildman–Crippen MR) is 49.4 cm³/mol. The molecule has 14 heavy (non-hydrogen) atoms. The van der Waals surface area contributed by atoms with Crippen LogP contribution in [0.3, 0.4) is 0 Å². The van der Waals surface area contributed by atoms with E-state index in [0.29, 0.717) is 5.39 Å². The Hall–Kier alpha value is -2.10. The van der Waals surface area contributed by atoms with Gasteiger partial charge in [-0.25, -0.2) is 9.59 Å². The van der Waals surface area contributed by atoms with E-state index >= 15 is 0 Å². The van der Waals surface area contributed by atoms with E-state index in [9.17, 15) is 9.59 Å². The van der Waals surface area contributed by atoms with Gasteiger partial charge in [0.1, 0.15) is 5.58 Å². The largest absolute Gasteiger partial charge is 0.478 e. The van der Waals surface area contributed by atoms with Gasteiger partial charge in [0.15, 0.2) is 0 Å². The lowest BCUT2D eigenvalue weighted by Crippen LogP contribution is -2.00. The molecule has 0 aliphatic rings. The minimum Gasteiger partial charge on any atom is -0.478 e. The van der Waals surface area contributed by atoms with Crippen molar-refractivity contribution in [3.63, 3.8) is 0 Å². The Bertz CT molecular complexity index is 553. The minimum absolute atomic E-state index is 0.131. The van der Waals surface area contributed by atoms with E-state index in [1.807, 2.05) is 0 Å². The molecule has 0 saturated heterocycles. The van der Waals surface area contributed by atoms with Crippen LogP contribution in [-0.2, 0) is 0 Å². The van der Waals surface area contributed by atoms with Crippen LogP contribution in [0.4, 0.5) is 0 Å². The van der Waals surface area contributed by atoms with Crippen molar-refractivity contribution in [3.8, 4) is 0 Å². The first-order valence-corrected chi connectivity index (χ1v) is 3.94. The Morgan fingerprint density at radius 3 is 2.71 bits per heavy atom. The van der Waals surface area contributed by atoms with Gasteiger partial charge in [-0.05, 0) is 18.2 Å². The zero-order chi connectivity index (χ0) is 10.1. The molecular weight excluding hydrogens is 184 g/mol. The highest BCUT2D eigenvalue weighted by molar-refractivity contribution is 6.01. The maximum atomic E-state index is 10.9. The molecule has 0 aliphatic carbocycles. The van der Waals surface area contributed by atoms with Crippen molar-refractivity contribution in [2.75, 3.05) is 0 Å². The Balaban J connectivity index is 2.88. The number of benzene rings is 1. The molecule has 2 rings (SSSR count). The van der Waals surface area contributed by atoms with Crippen LogP contribution in [0.25, 0.3) is 11.0 Å². The molecule has 0 fully saturated rings. The van der Waals surface area contributed by atoms with Crippen molar-refractivity contribution in [1.29, 1.82) is 0 Å². The van der Waals surface area contributed by atoms with Crippen LogP contribution in [0.1, 0.15) is 10.4 Å². The number of carboxylic acids is 1. The Morgan fingerprint density at radius 1 is 1.21 bits per heavy atom. The average molecular weight is 190 g/mol. The molecule has 1 heterocycles. The van der Waals surface area contributed by atoms with Gasteiger partial charge in [0.05, 0.1) is 5.56 Å². The first-order valence-electron chi connectivity index (χ1n) is 3.94. The van der Waals surface area contributed by atoms with Crippen LogP contribution < -0.4 is 5.63 Å². The van der Waals surface area contributed by atoms with Gasteiger partial charge in [0.25, 0.3) is 0 Å². The molecule has 2 aromatic rings. The Kier molecular flexibility index (Phi) is 1.81. The molecule has 0 saturated carbocycles. The summed E-state index contributed by atoms with van der Waals surface area (Å²) >= 11 is 0. The first-order chi connectivity index (χ1) is 6.68. The zero-order valence-corrected chi connectivity index (χ0v) is 7.06. The number of rotatable bonds is 1. The lowest BCUT2D eigenvalue weighted by molar-refractivity contribution is 0.0699. The molecule has 70 valence electrons. The number of carboxylic acid groups (broad SMARTS) is 1. The fourth-order valence-electron chi connectivity index (χ4n) is 1.29. The van der Waals surface area contributed by atoms with E-state index < -0.39 is 11.6 Å². The smallest absolute Gasteiger partial charge is 0.336 e. The quantitative estimate of drug-likeness (QED) is 0.691. The van der Waals surface area contributed by atoms with Gasteiger partial charge in [0.2, 0.25) is 0 Å². The highest BCUT2D eigenvalue weighted by Gasteiger charge is 2.08. The van der Waals surface area contributed by atoms with E-state index in [2.05, 4.69) is 0 Å². The highest BCUT2D eigenvalue weighted by Crippen LogP contribution is 2.16. The highest BCUT2D eigenvalue weighted by atomic mass is 16.4. The van der Waals surface area contributed by atoms with E-state index in [-0.39, 0.29) is 11.1 Å². The monoisotopic (exact) mass is 190 g/mol. The lowest BCUT2D eigenvalue weighted by atomic mass is 10.1. The second kappa shape index (κ2) is 2.99. The van der Waals surface area contributed by atoms with Crippen molar-refractivity contribution in [2.45, 2.75) is 0 Å². The van der Waals surface area contributed by atoms with Gasteiger partial charge < -0.3 is 9.52 Å². The summed E-state index contributed by atoms with van der Waals surface area (Å²) < 4.78 is 4.83. The number of hydrogen-bond acceptors (Lipinski definition) is 3. The normalized spacial score (nSPS) is 10.3. The molecule has 4 heteroatoms. The summed E-state index contributed by atoms with van der Waals surface area (Å²) in [5.74, 6) is -1.04. The summed E-state index contributed by atoms with van der Waals surface area (Å²) in [5, 5.41) is 9.26. The summed E-state index contributed by atoms with van der Waals surface area (Å²) in [6, 6.07) is 7.21. The molecule has 1 aromatic heterocycles. The first kappa shape index (κ1) is 8.50. The number of hydrogen-bond donors (Lipinski definition) is 1. The van der Waals surface area contributed by atoms with E-state index in [4.69, 9.17) is 9.52 Å². The molecule has 0 bridgehead atoms. The SMILES string of the molecule is O=C(O)c1cccc2oc(=O)ccc12. The average Bonchev–Trinajstić information content (AvgIpc) is 2.16. The van der Waals surface area contributed by atoms with Crippen molar-refractivity contribution in [1.82, 2.24) is 0 Å². The van der Waals surface area contributed by atoms with E-state index in [1.54, 1.807) is 6.07 Å². The fraction of sp³-hybridized carbons (Fsp3) is 0. The maximum Gasteiger partial charge on any atom is 0.336 e. The lowest BCUT2D eigenvalue weighted by Gasteiger charge is -1.99. The van der Waals surface area contributed by atoms with Gasteiger partial charge >= 0.3 is 11.6 Å². The summed E-state index contributed by atoms with van der Waals surface area (Å²) in [7, 11) is 0. The third-order valence-electron chi connectivity index (χ3n) is 1.89. The third kappa shape index (κ3) is 1.26. The summed E-state index contributed by atoms with van der Waals surface area (Å²) in [6.45, 7) is 0. The Morgan fingerprint density at radius 2 is 2.00 bits per heavy atom. The summed E-state index contributed by atoms with van der Waals surface area (Å²) in [4.78, 5) is 21.6. The van der Waals surface area contributed by atoms with Crippen molar-refractivity contribution in [3.05, 3.63) is 46.3 Å². The number of carbonyl (C=O) groups is 1. The topological polar surface area (TPSA) is 67.5 Å². The molecule has 0 spiro atoms. The van der Waals surface area contributed by atoms with Crippen molar-refractivity contribution >= 4 is 16.9 Å².